The van der Waals surface area contributed by atoms with Crippen molar-refractivity contribution in [2.75, 3.05) is 0 Å². The molecule has 0 saturated heterocycles. The summed E-state index contributed by atoms with van der Waals surface area (Å²) in [6, 6.07) is 13.3. The Bertz CT molecular complexity index is 10500. The van der Waals surface area contributed by atoms with E-state index in [1.165, 1.54) is 11.3 Å². The Balaban J connectivity index is 0.000000167. The molecule has 8 heterocycles. The van der Waals surface area contributed by atoms with Gasteiger partial charge in [0.05, 0.1) is 75.5 Å². The minimum atomic E-state index is -0.767. The van der Waals surface area contributed by atoms with Gasteiger partial charge in [-0.25, -0.2) is 9.97 Å². The maximum Gasteiger partial charge on any atom is 0.238 e. The first-order valence-corrected chi connectivity index (χ1v) is 37.3. The number of thiophene rings is 3. The van der Waals surface area contributed by atoms with Gasteiger partial charge in [0.25, 0.3) is 0 Å². The average Bonchev–Trinajstić information content (AvgIpc) is 1.52. The van der Waals surface area contributed by atoms with Crippen molar-refractivity contribution < 1.29 is 57.9 Å². The Morgan fingerprint density at radius 3 is 1.38 bits per heavy atom. The van der Waals surface area contributed by atoms with Crippen LogP contribution in [0.2, 0.25) is 0 Å². The lowest BCUT2D eigenvalue weighted by Gasteiger charge is -2.12. The summed E-state index contributed by atoms with van der Waals surface area (Å²) >= 11 is 2.99. The molecule has 16 aromatic carbocycles. The zero-order valence-electron chi connectivity index (χ0n) is 96.8. The molecule has 24 aromatic rings. The van der Waals surface area contributed by atoms with E-state index in [9.17, 15) is 23.3 Å². The molecule has 0 bridgehead atoms. The van der Waals surface area contributed by atoms with Gasteiger partial charge in [0.1, 0.15) is 11.2 Å². The third kappa shape index (κ3) is 10.9. The summed E-state index contributed by atoms with van der Waals surface area (Å²) in [5.74, 6) is -2.88. The summed E-state index contributed by atoms with van der Waals surface area (Å²) in [6.07, 6.45) is 0. The molecule has 0 radical (unpaired) electrons. The number of para-hydroxylation sites is 2. The van der Waals surface area contributed by atoms with Gasteiger partial charge in [0.2, 0.25) is 11.9 Å². The van der Waals surface area contributed by atoms with Gasteiger partial charge in [-0.15, -0.1) is 34.0 Å². The van der Waals surface area contributed by atoms with Crippen molar-refractivity contribution in [1.29, 1.82) is 0 Å². The first kappa shape index (κ1) is 37.5. The second kappa shape index (κ2) is 26.7. The molecule has 0 saturated carbocycles. The fourth-order valence-corrected chi connectivity index (χ4v) is 17.7. The number of rotatable bonds is 10. The van der Waals surface area contributed by atoms with E-state index in [-0.39, 0.29) is 152 Å². The minimum absolute atomic E-state index is 0.00126. The number of nitrogens with zero attached hydrogens (tertiary/aromatic N) is 8. The van der Waals surface area contributed by atoms with Crippen LogP contribution < -0.4 is 0 Å². The molecule has 24 rings (SSSR count). The smallest absolute Gasteiger partial charge is 0.238 e. The first-order valence-electron chi connectivity index (χ1n) is 54.4. The lowest BCUT2D eigenvalue weighted by molar-refractivity contribution is 0.669. The standard InChI is InChI=1S/C51H30N4OS.C51H30N4S2/c1-3-13-31(14-4-1)33-17-11-18-34(29-33)49-52-50(35-25-26-40-44(30-35)56-43-23-12-21-36(46(40)43)32-15-5-2-6-16-32)54-51(53-49)55-41-22-9-7-20-39(41)47-42(55)28-27-38-37-19-8-10-24-45(37)57-48(38)47;1-3-12-31(13-4-1)32-22-24-34(25-23-32)49-52-50(35-26-27-40-45(30-35)56-44-21-11-18-36(46(40)44)33-14-5-2-6-15-33)54-51(53-49)55-41-19-9-7-17-39(41)47-42(55)29-28-38-37-16-8-10-20-43(37)57-48(38)47/h2*1-30H/i7D,8D,9D,10D,11D,12D,17D,18D,19D,20D,21D,22D,23D,24D,25D,26D,27D,28D,29D,30D;2D,5D,6D,7D,8D,9D,10D,14D,15D,16D,17D,19D,20D,22D,23D,24D,25D,28D,29D. The van der Waals surface area contributed by atoms with Gasteiger partial charge in [0.15, 0.2) is 23.3 Å². The summed E-state index contributed by atoms with van der Waals surface area (Å²) in [5, 5.41) is 0.270. The van der Waals surface area contributed by atoms with Crippen molar-refractivity contribution in [3.63, 3.8) is 0 Å². The molecular formula is C102H60N8OS3. The second-order valence-electron chi connectivity index (χ2n) is 25.8. The van der Waals surface area contributed by atoms with Crippen molar-refractivity contribution >= 4 is 160 Å². The number of hydrogen-bond acceptors (Lipinski definition) is 10. The van der Waals surface area contributed by atoms with Crippen LogP contribution in [-0.2, 0) is 0 Å². The average molecular weight is 1550 g/mol. The maximum absolute atomic E-state index is 9.76. The highest BCUT2D eigenvalue weighted by Gasteiger charge is 2.26. The van der Waals surface area contributed by atoms with Crippen molar-refractivity contribution in [2.24, 2.45) is 0 Å². The first-order chi connectivity index (χ1) is 72.7. The van der Waals surface area contributed by atoms with Crippen molar-refractivity contribution in [3.05, 3.63) is 363 Å². The molecule has 0 spiro atoms. The van der Waals surface area contributed by atoms with Crippen LogP contribution in [0.3, 0.4) is 0 Å². The fourth-order valence-electron chi connectivity index (χ4n) is 14.3. The molecule has 0 aliphatic carbocycles. The maximum atomic E-state index is 9.76. The van der Waals surface area contributed by atoms with Crippen molar-refractivity contribution in [2.45, 2.75) is 0 Å². The lowest BCUT2D eigenvalue weighted by Crippen LogP contribution is -2.06. The lowest BCUT2D eigenvalue weighted by atomic mass is 9.99. The van der Waals surface area contributed by atoms with E-state index in [0.717, 1.165) is 31.8 Å². The molecule has 0 unspecified atom stereocenters. The zero-order chi connectivity index (χ0) is 109. The molecular weight excluding hydrogens is 1450 g/mol. The molecule has 532 valence electrons. The molecule has 114 heavy (non-hydrogen) atoms. The summed E-state index contributed by atoms with van der Waals surface area (Å²) in [6.45, 7) is 0. The van der Waals surface area contributed by atoms with Crippen LogP contribution in [0.5, 0.6) is 0 Å². The van der Waals surface area contributed by atoms with Gasteiger partial charge >= 0.3 is 0 Å². The second-order valence-corrected chi connectivity index (χ2v) is 28.9. The molecule has 0 atom stereocenters. The van der Waals surface area contributed by atoms with Crippen LogP contribution in [0.1, 0.15) is 53.5 Å². The predicted molar refractivity (Wildman–Crippen MR) is 478 cm³/mol. The third-order valence-electron chi connectivity index (χ3n) is 19.3. The predicted octanol–water partition coefficient (Wildman–Crippen LogP) is 28.3. The van der Waals surface area contributed by atoms with E-state index >= 15 is 0 Å². The van der Waals surface area contributed by atoms with Crippen LogP contribution in [0.15, 0.2) is 367 Å². The van der Waals surface area contributed by atoms with Gasteiger partial charge in [0, 0.05) is 115 Å². The van der Waals surface area contributed by atoms with E-state index in [4.69, 9.17) is 59.5 Å². The molecule has 9 nitrogen and oxygen atoms in total. The van der Waals surface area contributed by atoms with E-state index in [1.54, 1.807) is 121 Å². The molecule has 8 aromatic heterocycles. The number of benzene rings is 16. The van der Waals surface area contributed by atoms with Crippen molar-refractivity contribution in [1.82, 2.24) is 39.0 Å². The zero-order valence-corrected chi connectivity index (χ0v) is 60.3. The van der Waals surface area contributed by atoms with Gasteiger partial charge < -0.3 is 4.42 Å². The summed E-state index contributed by atoms with van der Waals surface area (Å²) < 4.78 is 362. The van der Waals surface area contributed by atoms with Gasteiger partial charge in [-0.1, -0.05) is 290 Å². The number of furan rings is 1. The Morgan fingerprint density at radius 1 is 0.246 bits per heavy atom. The van der Waals surface area contributed by atoms with Crippen LogP contribution in [-0.4, -0.2) is 39.0 Å². The summed E-state index contributed by atoms with van der Waals surface area (Å²) in [4.78, 5) is 28.6. The van der Waals surface area contributed by atoms with Gasteiger partial charge in [-0.2, -0.15) is 19.9 Å². The topological polar surface area (TPSA) is 100 Å². The minimum Gasteiger partial charge on any atom is -0.456 e. The molecule has 0 N–H and O–H groups in total. The Labute approximate surface area is 719 Å². The van der Waals surface area contributed by atoms with Crippen molar-refractivity contribution in [3.8, 4) is 102 Å². The van der Waals surface area contributed by atoms with Gasteiger partial charge in [-0.05, 0) is 117 Å². The van der Waals surface area contributed by atoms with E-state index < -0.39 is 269 Å². The van der Waals surface area contributed by atoms with Crippen LogP contribution in [0, 0.1) is 0 Å². The SMILES string of the molecule is [2H]c1c([2H])c(-c2ccccc2)c([2H])c(-c2nc(-c3c([2H])c([2H])c4c(oc5c([2H])c([2H])c([2H])c(-c6ccccc6)c54)c3[2H])nc(-n3c4c([2H])c([2H])c([2H])c([2H])c4c4c5sc6c([2H])c([2H])c([2H])c([2H])c6c5c([2H])c([2H])c43)n2)c1[2H].[2H]c1c([2H])c([2H])c(-c2cccc3sc4cc(-c5nc(-c6c([2H])c([2H])c(-c7ccccc7)c([2H])c6[2H])nc(-n6c7c([2H])c([2H])c([2H])c([2H])c7c7c8sc9c([2H])c([2H])c([2H])c([2H])c9c8c([2H])c([2H])c76)n5)ccc4c23)c([2H])c1[2H]. The Kier molecular flexibility index (Phi) is 8.79. The molecule has 0 fully saturated rings. The number of fused-ring (bicyclic) bond motifs is 20. The molecule has 0 aliphatic rings. The van der Waals surface area contributed by atoms with E-state index in [2.05, 4.69) is 4.98 Å². The summed E-state index contributed by atoms with van der Waals surface area (Å²) in [7, 11) is 0. The quantitative estimate of drug-likeness (QED) is 0.134. The Hall–Kier alpha value is -14.4. The van der Waals surface area contributed by atoms with Gasteiger partial charge in [-0.3, -0.25) is 9.13 Å². The highest BCUT2D eigenvalue weighted by molar-refractivity contribution is 7.27. The largest absolute Gasteiger partial charge is 0.456 e. The Morgan fingerprint density at radius 2 is 0.746 bits per heavy atom. The van der Waals surface area contributed by atoms with Crippen LogP contribution in [0.4, 0.5) is 0 Å². The van der Waals surface area contributed by atoms with E-state index in [1.807, 2.05) is 6.07 Å². The molecule has 0 amide bonds. The third-order valence-corrected chi connectivity index (χ3v) is 22.7. The number of hydrogen-bond donors (Lipinski definition) is 0. The van der Waals surface area contributed by atoms with Crippen LogP contribution in [0.25, 0.3) is 228 Å². The fraction of sp³-hybridized carbons (Fsp3) is 0. The molecule has 0 aliphatic heterocycles. The number of aromatic nitrogens is 8. The molecule has 12 heteroatoms. The normalized spacial score (nSPS) is 16.6. The summed E-state index contributed by atoms with van der Waals surface area (Å²) in [5.41, 5.74) is -1.47. The van der Waals surface area contributed by atoms with Crippen LogP contribution >= 0.6 is 34.0 Å². The monoisotopic (exact) mass is 1550 g/mol. The highest BCUT2D eigenvalue weighted by atomic mass is 32.1. The van der Waals surface area contributed by atoms with E-state index in [0.29, 0.717) is 42.4 Å². The highest BCUT2D eigenvalue weighted by Crippen LogP contribution is 2.48.